The maximum absolute atomic E-state index is 5.85. The number of hydrogen-bond donors (Lipinski definition) is 0. The molecule has 0 radical (unpaired) electrons. The first-order valence-corrected chi connectivity index (χ1v) is 25.5. The summed E-state index contributed by atoms with van der Waals surface area (Å²) < 4.78 is 101. The van der Waals surface area contributed by atoms with E-state index in [0.717, 1.165) is 22.3 Å². The molecule has 0 spiro atoms. The number of ether oxygens (including phenoxy) is 18. The van der Waals surface area contributed by atoms with Crippen LogP contribution in [0.1, 0.15) is 22.3 Å². The van der Waals surface area contributed by atoms with Crippen LogP contribution in [0.3, 0.4) is 0 Å². The first-order valence-electron chi connectivity index (χ1n) is 25.5. The maximum atomic E-state index is 5.85. The largest absolute Gasteiger partial charge is 0.377 e. The second-order valence-electron chi connectivity index (χ2n) is 15.5. The summed E-state index contributed by atoms with van der Waals surface area (Å²) in [6.07, 6.45) is 0. The third-order valence-electron chi connectivity index (χ3n) is 9.81. The minimum absolute atomic E-state index is 0. The average molecular weight is 1060 g/mol. The van der Waals surface area contributed by atoms with Crippen molar-refractivity contribution in [2.75, 3.05) is 211 Å². The minimum atomic E-state index is 0. The van der Waals surface area contributed by atoms with Crippen molar-refractivity contribution >= 4 is 51.4 Å². The molecule has 0 saturated heterocycles. The zero-order valence-corrected chi connectivity index (χ0v) is 42.9. The summed E-state index contributed by atoms with van der Waals surface area (Å²) in [7, 11) is 0. The Balaban J connectivity index is 0.0000183. The molecule has 19 heteroatoms. The van der Waals surface area contributed by atoms with Gasteiger partial charge >= 0.3 is 51.4 Å². The fourth-order valence-electron chi connectivity index (χ4n) is 6.05. The number of hydrogen-bond acceptors (Lipinski definition) is 18. The SMILES string of the molecule is [KH].c1ccc(COCCOCCOCCOCCOCCOCCOCCOCCOCc2ccccc2COCCOCCOCCOCCOCCOCCOCCOCCOCc2ccccc2)cc1. The van der Waals surface area contributed by atoms with E-state index in [1.54, 1.807) is 0 Å². The van der Waals surface area contributed by atoms with E-state index in [-0.39, 0.29) is 51.4 Å². The molecule has 18 nitrogen and oxygen atoms in total. The quantitative estimate of drug-likeness (QED) is 0.0562. The number of rotatable bonds is 56. The minimum Gasteiger partial charge on any atom is -0.377 e. The Hall–Kier alpha value is -1.42. The normalized spacial score (nSPS) is 11.4. The van der Waals surface area contributed by atoms with E-state index >= 15 is 0 Å². The summed E-state index contributed by atoms with van der Waals surface area (Å²) in [4.78, 5) is 0. The van der Waals surface area contributed by atoms with E-state index in [2.05, 4.69) is 0 Å². The molecule has 0 aliphatic heterocycles. The van der Waals surface area contributed by atoms with Crippen LogP contribution in [0.4, 0.5) is 0 Å². The van der Waals surface area contributed by atoms with Crippen molar-refractivity contribution in [2.45, 2.75) is 26.4 Å². The molecule has 3 aromatic carbocycles. The van der Waals surface area contributed by atoms with Gasteiger partial charge in [0.1, 0.15) is 0 Å². The molecule has 0 bridgehead atoms. The van der Waals surface area contributed by atoms with Crippen molar-refractivity contribution in [3.05, 3.63) is 107 Å². The molecule has 0 unspecified atom stereocenters. The van der Waals surface area contributed by atoms with Crippen LogP contribution in [0.2, 0.25) is 0 Å². The van der Waals surface area contributed by atoms with E-state index in [1.165, 1.54) is 0 Å². The summed E-state index contributed by atoms with van der Waals surface area (Å²) in [6.45, 7) is 18.4. The smallest absolute Gasteiger partial charge is 0.0721 e. The Morgan fingerprint density at radius 2 is 0.315 bits per heavy atom. The zero-order valence-electron chi connectivity index (χ0n) is 42.9. The van der Waals surface area contributed by atoms with Gasteiger partial charge in [0, 0.05) is 0 Å². The van der Waals surface area contributed by atoms with Gasteiger partial charge in [-0.05, 0) is 22.3 Å². The maximum Gasteiger partial charge on any atom is 0.0721 e. The molecular weight excluding hydrogens is 976 g/mol. The molecule has 0 saturated carbocycles. The molecular formula is C54H87KO18. The average Bonchev–Trinajstić information content (AvgIpc) is 3.41. The van der Waals surface area contributed by atoms with Gasteiger partial charge in [-0.3, -0.25) is 0 Å². The second-order valence-corrected chi connectivity index (χ2v) is 15.5. The zero-order chi connectivity index (χ0) is 50.4. The summed E-state index contributed by atoms with van der Waals surface area (Å²) in [5, 5.41) is 0. The summed E-state index contributed by atoms with van der Waals surface area (Å²) in [6, 6.07) is 28.2. The second kappa shape index (κ2) is 55.3. The summed E-state index contributed by atoms with van der Waals surface area (Å²) >= 11 is 0. The standard InChI is InChI=1S/C54H86O18.K.H/c1-3-9-51(10-4-1)47-69-43-39-65-35-31-61-27-23-57-19-15-55-17-21-59-25-29-63-33-37-67-41-45-71-49-53-13-7-8-14-54(53)50-72-46-42-68-38-34-64-30-26-60-22-18-56-16-20-58-24-28-62-32-36-66-40-44-70-48-52-11-5-2-6-12-52;;/h1-14H,15-50H2;;. The molecule has 3 aromatic rings. The molecule has 0 amide bonds. The Morgan fingerprint density at radius 1 is 0.164 bits per heavy atom. The van der Waals surface area contributed by atoms with Crippen LogP contribution in [0, 0.1) is 0 Å². The Morgan fingerprint density at radius 3 is 0.507 bits per heavy atom. The molecule has 412 valence electrons. The fourth-order valence-corrected chi connectivity index (χ4v) is 6.05. The number of benzene rings is 3. The van der Waals surface area contributed by atoms with Crippen LogP contribution < -0.4 is 0 Å². The van der Waals surface area contributed by atoms with Crippen molar-refractivity contribution < 1.29 is 85.3 Å². The van der Waals surface area contributed by atoms with E-state index in [9.17, 15) is 0 Å². The molecule has 0 heterocycles. The van der Waals surface area contributed by atoms with Gasteiger partial charge in [-0.15, -0.1) is 0 Å². The summed E-state index contributed by atoms with van der Waals surface area (Å²) in [5.74, 6) is 0. The van der Waals surface area contributed by atoms with Crippen molar-refractivity contribution in [3.8, 4) is 0 Å². The van der Waals surface area contributed by atoms with E-state index < -0.39 is 0 Å². The molecule has 0 fully saturated rings. The van der Waals surface area contributed by atoms with Gasteiger partial charge in [-0.25, -0.2) is 0 Å². The van der Waals surface area contributed by atoms with Crippen LogP contribution in [-0.2, 0) is 112 Å². The first kappa shape index (κ1) is 67.7. The Labute approximate surface area is 478 Å². The third-order valence-corrected chi connectivity index (χ3v) is 9.81. The van der Waals surface area contributed by atoms with Gasteiger partial charge in [-0.2, -0.15) is 0 Å². The van der Waals surface area contributed by atoms with Gasteiger partial charge in [0.2, 0.25) is 0 Å². The van der Waals surface area contributed by atoms with Crippen molar-refractivity contribution in [3.63, 3.8) is 0 Å². The van der Waals surface area contributed by atoms with Gasteiger partial charge < -0.3 is 85.3 Å². The van der Waals surface area contributed by atoms with E-state index in [0.29, 0.717) is 238 Å². The van der Waals surface area contributed by atoms with Gasteiger partial charge in [0.15, 0.2) is 0 Å². The van der Waals surface area contributed by atoms with Crippen LogP contribution in [0.15, 0.2) is 84.9 Å². The molecule has 0 N–H and O–H groups in total. The molecule has 0 atom stereocenters. The van der Waals surface area contributed by atoms with Crippen LogP contribution in [0.5, 0.6) is 0 Å². The van der Waals surface area contributed by atoms with Gasteiger partial charge in [-0.1, -0.05) is 84.9 Å². The predicted molar refractivity (Wildman–Crippen MR) is 277 cm³/mol. The molecule has 73 heavy (non-hydrogen) atoms. The molecule has 0 aliphatic carbocycles. The Bertz CT molecular complexity index is 1430. The van der Waals surface area contributed by atoms with Crippen LogP contribution in [-0.4, -0.2) is 263 Å². The van der Waals surface area contributed by atoms with Crippen molar-refractivity contribution in [2.24, 2.45) is 0 Å². The van der Waals surface area contributed by atoms with Gasteiger partial charge in [0.05, 0.1) is 238 Å². The van der Waals surface area contributed by atoms with Crippen LogP contribution >= 0.6 is 0 Å². The van der Waals surface area contributed by atoms with E-state index in [1.807, 2.05) is 84.9 Å². The third kappa shape index (κ3) is 45.3. The van der Waals surface area contributed by atoms with E-state index in [4.69, 9.17) is 85.3 Å². The topological polar surface area (TPSA) is 166 Å². The monoisotopic (exact) mass is 1060 g/mol. The predicted octanol–water partition coefficient (Wildman–Crippen LogP) is 4.74. The van der Waals surface area contributed by atoms with Crippen LogP contribution in [0.25, 0.3) is 0 Å². The fraction of sp³-hybridized carbons (Fsp3) is 0.667. The van der Waals surface area contributed by atoms with Crippen molar-refractivity contribution in [1.82, 2.24) is 0 Å². The molecule has 3 rings (SSSR count). The first-order chi connectivity index (χ1) is 35.9. The Kier molecular flexibility index (Phi) is 51.3. The molecule has 0 aliphatic rings. The van der Waals surface area contributed by atoms with Crippen molar-refractivity contribution in [1.29, 1.82) is 0 Å². The molecule has 0 aromatic heterocycles. The van der Waals surface area contributed by atoms with Gasteiger partial charge in [0.25, 0.3) is 0 Å². The summed E-state index contributed by atoms with van der Waals surface area (Å²) in [5.41, 5.74) is 4.48.